The summed E-state index contributed by atoms with van der Waals surface area (Å²) in [5, 5.41) is 0. The molecule has 70 valence electrons. The molecule has 1 aromatic carbocycles. The van der Waals surface area contributed by atoms with E-state index in [2.05, 4.69) is 0 Å². The van der Waals surface area contributed by atoms with Crippen LogP contribution in [0.25, 0.3) is 6.08 Å². The minimum atomic E-state index is -4.27. The SMILES string of the molecule is Nc1cccc(/C=C/C(F)(F)F)c1. The van der Waals surface area contributed by atoms with E-state index in [1.807, 2.05) is 0 Å². The maximum absolute atomic E-state index is 11.7. The van der Waals surface area contributed by atoms with E-state index in [0.717, 1.165) is 6.08 Å². The van der Waals surface area contributed by atoms with Crippen molar-refractivity contribution in [2.75, 3.05) is 5.73 Å². The van der Waals surface area contributed by atoms with E-state index in [9.17, 15) is 13.2 Å². The summed E-state index contributed by atoms with van der Waals surface area (Å²) in [5.74, 6) is 0. The molecule has 1 nitrogen and oxygen atoms in total. The van der Waals surface area contributed by atoms with Crippen molar-refractivity contribution in [3.05, 3.63) is 35.9 Å². The maximum Gasteiger partial charge on any atom is 0.409 e. The van der Waals surface area contributed by atoms with Gasteiger partial charge in [-0.15, -0.1) is 0 Å². The van der Waals surface area contributed by atoms with Crippen LogP contribution in [0.2, 0.25) is 0 Å². The number of benzene rings is 1. The Morgan fingerprint density at radius 1 is 1.23 bits per heavy atom. The Morgan fingerprint density at radius 2 is 1.92 bits per heavy atom. The first-order valence-electron chi connectivity index (χ1n) is 3.59. The normalized spacial score (nSPS) is 12.2. The number of alkyl halides is 3. The summed E-state index contributed by atoms with van der Waals surface area (Å²) < 4.78 is 35.2. The molecule has 0 unspecified atom stereocenters. The molecule has 0 radical (unpaired) electrons. The van der Waals surface area contributed by atoms with E-state index in [4.69, 9.17) is 5.73 Å². The number of halogens is 3. The quantitative estimate of drug-likeness (QED) is 0.672. The Labute approximate surface area is 73.7 Å². The Kier molecular flexibility index (Phi) is 2.60. The van der Waals surface area contributed by atoms with Gasteiger partial charge >= 0.3 is 6.18 Å². The third kappa shape index (κ3) is 3.64. The Bertz CT molecular complexity index is 315. The molecule has 0 aliphatic rings. The van der Waals surface area contributed by atoms with Crippen molar-refractivity contribution in [2.45, 2.75) is 6.18 Å². The molecule has 0 atom stereocenters. The van der Waals surface area contributed by atoms with Gasteiger partial charge in [-0.3, -0.25) is 0 Å². The lowest BCUT2D eigenvalue weighted by Gasteiger charge is -1.98. The molecule has 0 saturated heterocycles. The molecule has 13 heavy (non-hydrogen) atoms. The average molecular weight is 187 g/mol. The summed E-state index contributed by atoms with van der Waals surface area (Å²) in [6.45, 7) is 0. The molecule has 0 aliphatic heterocycles. The van der Waals surface area contributed by atoms with Crippen molar-refractivity contribution in [1.29, 1.82) is 0 Å². The minimum absolute atomic E-state index is 0.182. The third-order valence-corrected chi connectivity index (χ3v) is 1.38. The van der Waals surface area contributed by atoms with Crippen molar-refractivity contribution in [3.8, 4) is 0 Å². The second-order valence-corrected chi connectivity index (χ2v) is 2.55. The molecule has 0 heterocycles. The van der Waals surface area contributed by atoms with Gasteiger partial charge in [0.15, 0.2) is 0 Å². The fourth-order valence-electron chi connectivity index (χ4n) is 0.853. The maximum atomic E-state index is 11.7. The molecule has 0 aliphatic carbocycles. The van der Waals surface area contributed by atoms with Gasteiger partial charge in [-0.1, -0.05) is 18.2 Å². The van der Waals surface area contributed by atoms with Crippen LogP contribution in [0, 0.1) is 0 Å². The summed E-state index contributed by atoms with van der Waals surface area (Å²) in [4.78, 5) is 0. The standard InChI is InChI=1S/C9H8F3N/c10-9(11,12)5-4-7-2-1-3-8(13)6-7/h1-6H,13H2/b5-4+. The zero-order valence-electron chi connectivity index (χ0n) is 6.68. The van der Waals surface area contributed by atoms with Gasteiger partial charge in [-0.25, -0.2) is 0 Å². The monoisotopic (exact) mass is 187 g/mol. The summed E-state index contributed by atoms with van der Waals surface area (Å²) in [7, 11) is 0. The van der Waals surface area contributed by atoms with Gasteiger partial charge in [0.25, 0.3) is 0 Å². The topological polar surface area (TPSA) is 26.0 Å². The van der Waals surface area contributed by atoms with Gasteiger partial charge in [-0.2, -0.15) is 13.2 Å². The number of hydrogen-bond donors (Lipinski definition) is 1. The highest BCUT2D eigenvalue weighted by molar-refractivity contribution is 5.55. The van der Waals surface area contributed by atoms with E-state index in [-0.39, 0.29) is 6.08 Å². The van der Waals surface area contributed by atoms with Crippen molar-refractivity contribution in [3.63, 3.8) is 0 Å². The van der Waals surface area contributed by atoms with E-state index in [0.29, 0.717) is 11.3 Å². The molecule has 1 rings (SSSR count). The van der Waals surface area contributed by atoms with E-state index in [1.54, 1.807) is 18.2 Å². The number of allylic oxidation sites excluding steroid dienone is 1. The number of anilines is 1. The van der Waals surface area contributed by atoms with Crippen LogP contribution >= 0.6 is 0 Å². The Hall–Kier alpha value is -1.45. The van der Waals surface area contributed by atoms with Crippen LogP contribution in [-0.2, 0) is 0 Å². The van der Waals surface area contributed by atoms with Crippen molar-refractivity contribution < 1.29 is 13.2 Å². The van der Waals surface area contributed by atoms with Crippen LogP contribution in [0.4, 0.5) is 18.9 Å². The van der Waals surface area contributed by atoms with Gasteiger partial charge in [0.1, 0.15) is 0 Å². The van der Waals surface area contributed by atoms with Crippen LogP contribution in [0.15, 0.2) is 30.3 Å². The molecule has 0 spiro atoms. The molecule has 0 amide bonds. The summed E-state index contributed by atoms with van der Waals surface area (Å²) >= 11 is 0. The van der Waals surface area contributed by atoms with Crippen LogP contribution in [0.1, 0.15) is 5.56 Å². The van der Waals surface area contributed by atoms with Gasteiger partial charge in [0.05, 0.1) is 0 Å². The van der Waals surface area contributed by atoms with Crippen LogP contribution < -0.4 is 5.73 Å². The molecular formula is C9H8F3N. The molecule has 1 aromatic rings. The first-order chi connectivity index (χ1) is 5.97. The zero-order valence-corrected chi connectivity index (χ0v) is 6.68. The lowest BCUT2D eigenvalue weighted by molar-refractivity contribution is -0.0790. The fraction of sp³-hybridized carbons (Fsp3) is 0.111. The van der Waals surface area contributed by atoms with E-state index >= 15 is 0 Å². The van der Waals surface area contributed by atoms with E-state index < -0.39 is 6.18 Å². The van der Waals surface area contributed by atoms with Crippen LogP contribution in [-0.4, -0.2) is 6.18 Å². The smallest absolute Gasteiger partial charge is 0.399 e. The van der Waals surface area contributed by atoms with Gasteiger partial charge in [0.2, 0.25) is 0 Å². The predicted octanol–water partition coefficient (Wildman–Crippen LogP) is 2.84. The molecule has 2 N–H and O–H groups in total. The van der Waals surface area contributed by atoms with Gasteiger partial charge in [0, 0.05) is 11.8 Å². The lowest BCUT2D eigenvalue weighted by Crippen LogP contribution is -2.00. The highest BCUT2D eigenvalue weighted by atomic mass is 19.4. The summed E-state index contributed by atoms with van der Waals surface area (Å²) in [6.07, 6.45) is -3.11. The number of rotatable bonds is 1. The second kappa shape index (κ2) is 3.51. The molecule has 4 heteroatoms. The minimum Gasteiger partial charge on any atom is -0.399 e. The Balaban J connectivity index is 2.80. The molecule has 0 aromatic heterocycles. The number of nitrogens with two attached hydrogens (primary N) is 1. The molecule has 0 bridgehead atoms. The first-order valence-corrected chi connectivity index (χ1v) is 3.59. The van der Waals surface area contributed by atoms with Gasteiger partial charge < -0.3 is 5.73 Å². The number of nitrogen functional groups attached to an aromatic ring is 1. The van der Waals surface area contributed by atoms with Crippen molar-refractivity contribution in [2.24, 2.45) is 0 Å². The zero-order chi connectivity index (χ0) is 9.90. The van der Waals surface area contributed by atoms with Crippen LogP contribution in [0.5, 0.6) is 0 Å². The molecular weight excluding hydrogens is 179 g/mol. The van der Waals surface area contributed by atoms with Crippen molar-refractivity contribution in [1.82, 2.24) is 0 Å². The number of hydrogen-bond acceptors (Lipinski definition) is 1. The first kappa shape index (κ1) is 9.64. The highest BCUT2D eigenvalue weighted by Crippen LogP contribution is 2.18. The highest BCUT2D eigenvalue weighted by Gasteiger charge is 2.21. The lowest BCUT2D eigenvalue weighted by atomic mass is 10.2. The van der Waals surface area contributed by atoms with Gasteiger partial charge in [-0.05, 0) is 17.7 Å². The van der Waals surface area contributed by atoms with E-state index in [1.165, 1.54) is 6.07 Å². The summed E-state index contributed by atoms with van der Waals surface area (Å²) in [5.41, 5.74) is 6.27. The average Bonchev–Trinajstić information content (AvgIpc) is 2.00. The molecule has 0 saturated carbocycles. The van der Waals surface area contributed by atoms with Crippen molar-refractivity contribution >= 4 is 11.8 Å². The summed E-state index contributed by atoms with van der Waals surface area (Å²) in [6, 6.07) is 6.25. The largest absolute Gasteiger partial charge is 0.409 e. The second-order valence-electron chi connectivity index (χ2n) is 2.55. The third-order valence-electron chi connectivity index (χ3n) is 1.38. The predicted molar refractivity (Wildman–Crippen MR) is 45.9 cm³/mol. The molecule has 0 fully saturated rings. The van der Waals surface area contributed by atoms with Crippen LogP contribution in [0.3, 0.4) is 0 Å². The fourth-order valence-corrected chi connectivity index (χ4v) is 0.853. The Morgan fingerprint density at radius 3 is 2.46 bits per heavy atom.